The minimum Gasteiger partial charge on any atom is -0.466 e. The zero-order valence-corrected chi connectivity index (χ0v) is 15.7. The molecule has 0 spiro atoms. The monoisotopic (exact) mass is 332 g/mol. The maximum absolute atomic E-state index is 12.5. The molecule has 2 nitrogen and oxygen atoms in total. The number of allylic oxidation sites excluding steroid dienone is 1. The highest BCUT2D eigenvalue weighted by molar-refractivity contribution is 8.00. The topological polar surface area (TPSA) is 26.3 Å². The first-order chi connectivity index (χ1) is 10.8. The molecule has 0 N–H and O–H groups in total. The van der Waals surface area contributed by atoms with Crippen molar-refractivity contribution >= 4 is 17.7 Å². The van der Waals surface area contributed by atoms with Crippen molar-refractivity contribution in [3.05, 3.63) is 42.0 Å². The Morgan fingerprint density at radius 3 is 2.48 bits per heavy atom. The highest BCUT2D eigenvalue weighted by Crippen LogP contribution is 2.45. The summed E-state index contributed by atoms with van der Waals surface area (Å²) in [4.78, 5) is 13.8. The van der Waals surface area contributed by atoms with Crippen LogP contribution in [0.15, 0.2) is 46.9 Å². The van der Waals surface area contributed by atoms with Gasteiger partial charge in [-0.25, -0.2) is 0 Å². The molecule has 2 rings (SSSR count). The van der Waals surface area contributed by atoms with E-state index >= 15 is 0 Å². The Morgan fingerprint density at radius 1 is 1.26 bits per heavy atom. The van der Waals surface area contributed by atoms with Crippen LogP contribution in [-0.2, 0) is 9.53 Å². The van der Waals surface area contributed by atoms with Crippen molar-refractivity contribution in [2.75, 3.05) is 6.61 Å². The smallest absolute Gasteiger partial charge is 0.309 e. The summed E-state index contributed by atoms with van der Waals surface area (Å²) in [6.45, 7) is 11.1. The van der Waals surface area contributed by atoms with Gasteiger partial charge in [-0.05, 0) is 43.7 Å². The molecule has 23 heavy (non-hydrogen) atoms. The molecule has 0 aromatic heterocycles. The van der Waals surface area contributed by atoms with Gasteiger partial charge in [-0.3, -0.25) is 4.79 Å². The highest BCUT2D eigenvalue weighted by atomic mass is 32.2. The minimum atomic E-state index is -0.0557. The average Bonchev–Trinajstić information content (AvgIpc) is 2.49. The van der Waals surface area contributed by atoms with Crippen LogP contribution < -0.4 is 0 Å². The second-order valence-corrected chi connectivity index (χ2v) is 8.59. The maximum atomic E-state index is 12.5. The molecule has 1 unspecified atom stereocenters. The summed E-state index contributed by atoms with van der Waals surface area (Å²) in [5.41, 5.74) is 1.43. The number of ether oxygens (including phenoxy) is 1. The van der Waals surface area contributed by atoms with Crippen molar-refractivity contribution in [2.24, 2.45) is 17.3 Å². The fraction of sp³-hybridized carbons (Fsp3) is 0.550. The van der Waals surface area contributed by atoms with Crippen LogP contribution >= 0.6 is 11.8 Å². The normalized spacial score (nSPS) is 24.9. The largest absolute Gasteiger partial charge is 0.466 e. The van der Waals surface area contributed by atoms with Crippen molar-refractivity contribution < 1.29 is 9.53 Å². The first-order valence-corrected chi connectivity index (χ1v) is 9.27. The van der Waals surface area contributed by atoms with E-state index in [1.54, 1.807) is 0 Å². The van der Waals surface area contributed by atoms with E-state index in [1.807, 2.05) is 24.8 Å². The van der Waals surface area contributed by atoms with Crippen LogP contribution in [0.5, 0.6) is 0 Å². The van der Waals surface area contributed by atoms with Gasteiger partial charge in [0.25, 0.3) is 0 Å². The molecule has 1 aliphatic carbocycles. The Balaban J connectivity index is 2.25. The predicted molar refractivity (Wildman–Crippen MR) is 97.5 cm³/mol. The summed E-state index contributed by atoms with van der Waals surface area (Å²) in [6, 6.07) is 10.4. The van der Waals surface area contributed by atoms with E-state index in [0.29, 0.717) is 11.9 Å². The van der Waals surface area contributed by atoms with Crippen molar-refractivity contribution in [2.45, 2.75) is 51.2 Å². The van der Waals surface area contributed by atoms with E-state index < -0.39 is 0 Å². The van der Waals surface area contributed by atoms with Crippen LogP contribution in [0.25, 0.3) is 0 Å². The molecule has 1 aromatic rings. The van der Waals surface area contributed by atoms with Gasteiger partial charge in [0.2, 0.25) is 0 Å². The van der Waals surface area contributed by atoms with Gasteiger partial charge in [0, 0.05) is 10.1 Å². The molecular weight excluding hydrogens is 304 g/mol. The first-order valence-electron chi connectivity index (χ1n) is 8.39. The van der Waals surface area contributed by atoms with Crippen LogP contribution in [0.2, 0.25) is 0 Å². The summed E-state index contributed by atoms with van der Waals surface area (Å²) in [5, 5.41) is 0.338. The lowest BCUT2D eigenvalue weighted by Crippen LogP contribution is -2.38. The molecule has 1 aromatic carbocycles. The molecule has 0 amide bonds. The summed E-state index contributed by atoms with van der Waals surface area (Å²) in [6.07, 6.45) is 3.16. The zero-order chi connectivity index (χ0) is 17.0. The Hall–Kier alpha value is -1.22. The van der Waals surface area contributed by atoms with Crippen LogP contribution in [0.1, 0.15) is 41.0 Å². The standard InChI is InChI=1S/C20H28O2S/c1-6-22-19(21)16-13-18(23-15-10-8-7-9-11-15)14(2)12-17(16)20(3,4)5/h7-12,16-18H,6,13H2,1-5H3/t16?,17-,18-/m1/s1. The SMILES string of the molecule is CCOC(=O)C1C[C@@H](Sc2ccccc2)C(C)=C[C@H]1C(C)(C)C. The van der Waals surface area contributed by atoms with Gasteiger partial charge in [-0.15, -0.1) is 11.8 Å². The fourth-order valence-corrected chi connectivity index (χ4v) is 4.43. The molecule has 3 heteroatoms. The van der Waals surface area contributed by atoms with Crippen LogP contribution in [0, 0.1) is 17.3 Å². The average molecular weight is 333 g/mol. The second kappa shape index (κ2) is 7.57. The number of thioether (sulfide) groups is 1. The number of carbonyl (C=O) groups is 1. The van der Waals surface area contributed by atoms with Crippen molar-refractivity contribution in [1.29, 1.82) is 0 Å². The molecule has 3 atom stereocenters. The van der Waals surface area contributed by atoms with Crippen LogP contribution in [0.3, 0.4) is 0 Å². The molecule has 0 fully saturated rings. The van der Waals surface area contributed by atoms with Gasteiger partial charge >= 0.3 is 5.97 Å². The Morgan fingerprint density at radius 2 is 1.91 bits per heavy atom. The number of esters is 1. The van der Waals surface area contributed by atoms with Crippen molar-refractivity contribution in [3.8, 4) is 0 Å². The third kappa shape index (κ3) is 4.63. The zero-order valence-electron chi connectivity index (χ0n) is 14.8. The van der Waals surface area contributed by atoms with Gasteiger partial charge in [0.15, 0.2) is 0 Å². The predicted octanol–water partition coefficient (Wildman–Crippen LogP) is 5.34. The molecule has 0 bridgehead atoms. The second-order valence-electron chi connectivity index (χ2n) is 7.32. The first kappa shape index (κ1) is 18.1. The molecular formula is C20H28O2S. The van der Waals surface area contributed by atoms with Gasteiger partial charge in [-0.1, -0.05) is 50.6 Å². The number of benzene rings is 1. The molecule has 0 aliphatic heterocycles. The number of hydrogen-bond donors (Lipinski definition) is 0. The lowest BCUT2D eigenvalue weighted by Gasteiger charge is -2.40. The number of carbonyl (C=O) groups excluding carboxylic acids is 1. The Kier molecular flexibility index (Phi) is 5.96. The maximum Gasteiger partial charge on any atom is 0.309 e. The lowest BCUT2D eigenvalue weighted by atomic mass is 9.68. The fourth-order valence-electron chi connectivity index (χ4n) is 3.22. The quantitative estimate of drug-likeness (QED) is 0.550. The van der Waals surface area contributed by atoms with Crippen molar-refractivity contribution in [3.63, 3.8) is 0 Å². The molecule has 0 heterocycles. The van der Waals surface area contributed by atoms with E-state index in [9.17, 15) is 4.79 Å². The van der Waals surface area contributed by atoms with E-state index in [-0.39, 0.29) is 23.2 Å². The molecule has 0 saturated carbocycles. The minimum absolute atomic E-state index is 0.0464. The molecule has 1 aliphatic rings. The van der Waals surface area contributed by atoms with E-state index in [1.165, 1.54) is 10.5 Å². The van der Waals surface area contributed by atoms with Gasteiger partial charge < -0.3 is 4.74 Å². The molecule has 126 valence electrons. The third-order valence-electron chi connectivity index (χ3n) is 4.46. The van der Waals surface area contributed by atoms with E-state index in [2.05, 4.69) is 58.0 Å². The van der Waals surface area contributed by atoms with Gasteiger partial charge in [-0.2, -0.15) is 0 Å². The summed E-state index contributed by atoms with van der Waals surface area (Å²) >= 11 is 1.85. The van der Waals surface area contributed by atoms with Gasteiger partial charge in [0.05, 0.1) is 12.5 Å². The van der Waals surface area contributed by atoms with Crippen LogP contribution in [0.4, 0.5) is 0 Å². The third-order valence-corrected chi connectivity index (χ3v) is 5.86. The number of rotatable bonds is 4. The van der Waals surface area contributed by atoms with E-state index in [4.69, 9.17) is 4.74 Å². The molecule has 0 saturated heterocycles. The lowest BCUT2D eigenvalue weighted by molar-refractivity contribution is -0.151. The highest BCUT2D eigenvalue weighted by Gasteiger charge is 2.41. The van der Waals surface area contributed by atoms with Gasteiger partial charge in [0.1, 0.15) is 0 Å². The van der Waals surface area contributed by atoms with Crippen LogP contribution in [-0.4, -0.2) is 17.8 Å². The Bertz CT molecular complexity index is 557. The number of hydrogen-bond acceptors (Lipinski definition) is 3. The van der Waals surface area contributed by atoms with Crippen molar-refractivity contribution in [1.82, 2.24) is 0 Å². The summed E-state index contributed by atoms with van der Waals surface area (Å²) < 4.78 is 5.36. The summed E-state index contributed by atoms with van der Waals surface area (Å²) in [5.74, 6) is 0.129. The van der Waals surface area contributed by atoms with E-state index in [0.717, 1.165) is 6.42 Å². The Labute approximate surface area is 144 Å². The molecule has 0 radical (unpaired) electrons. The summed E-state index contributed by atoms with van der Waals surface area (Å²) in [7, 11) is 0.